The molecule has 2 unspecified atom stereocenters. The highest BCUT2D eigenvalue weighted by Crippen LogP contribution is 2.45. The molecule has 1 aromatic carbocycles. The molecule has 0 spiro atoms. The number of carbonyl (C=O) groups is 1. The second-order valence-electron chi connectivity index (χ2n) is 7.40. The average molecular weight is 372 g/mol. The zero-order chi connectivity index (χ0) is 19.0. The highest BCUT2D eigenvalue weighted by molar-refractivity contribution is 5.86. The molecule has 0 radical (unpaired) electrons. The number of hydrogen-bond donors (Lipinski definition) is 3. The van der Waals surface area contributed by atoms with Crippen LogP contribution in [0.1, 0.15) is 37.4 Å². The minimum Gasteiger partial charge on any atom is -0.497 e. The zero-order valence-electron chi connectivity index (χ0n) is 15.2. The van der Waals surface area contributed by atoms with E-state index in [0.29, 0.717) is 24.0 Å². The van der Waals surface area contributed by atoms with Crippen molar-refractivity contribution in [3.63, 3.8) is 0 Å². The second kappa shape index (κ2) is 7.23. The molecule has 4 rings (SSSR count). The molecule has 144 valence electrons. The highest BCUT2D eigenvalue weighted by atomic mass is 16.5. The summed E-state index contributed by atoms with van der Waals surface area (Å²) < 4.78 is 11.3. The van der Waals surface area contributed by atoms with Gasteiger partial charge in [-0.15, -0.1) is 0 Å². The quantitative estimate of drug-likeness (QED) is 0.765. The molecule has 1 amide bonds. The van der Waals surface area contributed by atoms with Gasteiger partial charge in [0.25, 0.3) is 0 Å². The Balaban J connectivity index is 1.58. The van der Waals surface area contributed by atoms with Crippen LogP contribution in [0, 0.1) is 11.8 Å². The van der Waals surface area contributed by atoms with Crippen LogP contribution in [-0.4, -0.2) is 41.0 Å². The van der Waals surface area contributed by atoms with Crippen molar-refractivity contribution in [1.82, 2.24) is 10.3 Å². The molecule has 0 saturated heterocycles. The summed E-state index contributed by atoms with van der Waals surface area (Å²) in [4.78, 5) is 15.3. The van der Waals surface area contributed by atoms with Gasteiger partial charge in [0, 0.05) is 22.9 Å². The number of pyridine rings is 1. The predicted octanol–water partition coefficient (Wildman–Crippen LogP) is 3.11. The molecule has 3 N–H and O–H groups in total. The number of aliphatic hydroxyl groups excluding tert-OH is 1. The van der Waals surface area contributed by atoms with Crippen LogP contribution in [0.3, 0.4) is 0 Å². The van der Waals surface area contributed by atoms with Gasteiger partial charge in [0.1, 0.15) is 11.5 Å². The van der Waals surface area contributed by atoms with Gasteiger partial charge in [-0.3, -0.25) is 4.98 Å². The van der Waals surface area contributed by atoms with E-state index in [1.54, 1.807) is 13.3 Å². The predicted molar refractivity (Wildman–Crippen MR) is 99.1 cm³/mol. The number of rotatable bonds is 3. The summed E-state index contributed by atoms with van der Waals surface area (Å²) in [5.41, 5.74) is 1.58. The summed E-state index contributed by atoms with van der Waals surface area (Å²) in [6.45, 7) is 0.451. The van der Waals surface area contributed by atoms with Gasteiger partial charge in [-0.25, -0.2) is 4.79 Å². The standard InChI is InChI=1S/C20H24N2O5/c1-26-13-6-7-16-14(8-13)18-17(9-21-16)27-10-15(19(18)23)11-2-4-12(5-3-11)22-20(24)25/h6-9,11-12,15,19,22-23H,2-5,10H2,1H3,(H,24,25). The third kappa shape index (κ3) is 3.39. The maximum atomic E-state index is 11.2. The Morgan fingerprint density at radius 1 is 1.30 bits per heavy atom. The van der Waals surface area contributed by atoms with Gasteiger partial charge in [-0.2, -0.15) is 0 Å². The minimum atomic E-state index is -0.971. The van der Waals surface area contributed by atoms with Gasteiger partial charge in [-0.05, 0) is 49.8 Å². The van der Waals surface area contributed by atoms with Crippen LogP contribution in [-0.2, 0) is 0 Å². The molecule has 2 heterocycles. The van der Waals surface area contributed by atoms with Gasteiger partial charge >= 0.3 is 6.09 Å². The maximum Gasteiger partial charge on any atom is 0.404 e. The number of ether oxygens (including phenoxy) is 2. The fourth-order valence-corrected chi connectivity index (χ4v) is 4.47. The molecular weight excluding hydrogens is 348 g/mol. The molecule has 1 aliphatic heterocycles. The molecule has 2 aromatic rings. The van der Waals surface area contributed by atoms with Crippen LogP contribution in [0.4, 0.5) is 4.79 Å². The molecule has 27 heavy (non-hydrogen) atoms. The van der Waals surface area contributed by atoms with Crippen molar-refractivity contribution < 1.29 is 24.5 Å². The number of benzene rings is 1. The largest absolute Gasteiger partial charge is 0.497 e. The monoisotopic (exact) mass is 372 g/mol. The van der Waals surface area contributed by atoms with Crippen molar-refractivity contribution in [3.8, 4) is 11.5 Å². The first-order chi connectivity index (χ1) is 13.1. The van der Waals surface area contributed by atoms with E-state index in [4.69, 9.17) is 14.6 Å². The number of nitrogens with one attached hydrogen (secondary N) is 1. The van der Waals surface area contributed by atoms with Crippen LogP contribution in [0.15, 0.2) is 24.4 Å². The fraction of sp³-hybridized carbons (Fsp3) is 0.500. The lowest BCUT2D eigenvalue weighted by Crippen LogP contribution is -2.40. The number of aliphatic hydroxyl groups is 1. The normalized spacial score (nSPS) is 27.5. The molecule has 2 aliphatic rings. The highest BCUT2D eigenvalue weighted by Gasteiger charge is 2.38. The van der Waals surface area contributed by atoms with E-state index in [1.807, 2.05) is 18.2 Å². The van der Waals surface area contributed by atoms with Gasteiger partial charge in [-0.1, -0.05) is 0 Å². The number of aromatic nitrogens is 1. The summed E-state index contributed by atoms with van der Waals surface area (Å²) in [7, 11) is 1.61. The number of amides is 1. The molecule has 7 heteroatoms. The van der Waals surface area contributed by atoms with Crippen LogP contribution in [0.25, 0.3) is 10.9 Å². The van der Waals surface area contributed by atoms with E-state index in [1.165, 1.54) is 0 Å². The number of nitrogens with zero attached hydrogens (tertiary/aromatic N) is 1. The van der Waals surface area contributed by atoms with E-state index in [-0.39, 0.29) is 12.0 Å². The third-order valence-corrected chi connectivity index (χ3v) is 5.92. The molecule has 1 fully saturated rings. The number of fused-ring (bicyclic) bond motifs is 3. The number of methoxy groups -OCH3 is 1. The third-order valence-electron chi connectivity index (χ3n) is 5.92. The van der Waals surface area contributed by atoms with E-state index < -0.39 is 12.2 Å². The SMILES string of the molecule is COc1ccc2ncc3c(c2c1)C(O)C(C1CCC(NC(=O)O)CC1)CO3. The van der Waals surface area contributed by atoms with Crippen molar-refractivity contribution in [2.75, 3.05) is 13.7 Å². The topological polar surface area (TPSA) is 101 Å². The first-order valence-electron chi connectivity index (χ1n) is 9.33. The van der Waals surface area contributed by atoms with Crippen LogP contribution in [0.2, 0.25) is 0 Å². The van der Waals surface area contributed by atoms with Crippen LogP contribution >= 0.6 is 0 Å². The maximum absolute atomic E-state index is 11.2. The summed E-state index contributed by atoms with van der Waals surface area (Å²) in [6, 6.07) is 5.63. The van der Waals surface area contributed by atoms with E-state index in [0.717, 1.165) is 42.1 Å². The smallest absolute Gasteiger partial charge is 0.404 e. The summed E-state index contributed by atoms with van der Waals surface area (Å²) in [5.74, 6) is 1.63. The van der Waals surface area contributed by atoms with Crippen LogP contribution in [0.5, 0.6) is 11.5 Å². The molecule has 1 aliphatic carbocycles. The van der Waals surface area contributed by atoms with E-state index >= 15 is 0 Å². The fourth-order valence-electron chi connectivity index (χ4n) is 4.47. The lowest BCUT2D eigenvalue weighted by Gasteiger charge is -2.39. The zero-order valence-corrected chi connectivity index (χ0v) is 15.2. The van der Waals surface area contributed by atoms with Crippen molar-refractivity contribution in [3.05, 3.63) is 30.0 Å². The van der Waals surface area contributed by atoms with Crippen molar-refractivity contribution in [2.24, 2.45) is 11.8 Å². The Labute approximate surface area is 157 Å². The Bertz CT molecular complexity index is 842. The molecule has 2 atom stereocenters. The molecule has 7 nitrogen and oxygen atoms in total. The lowest BCUT2D eigenvalue weighted by atomic mass is 9.74. The molecule has 1 aromatic heterocycles. The number of hydrogen-bond acceptors (Lipinski definition) is 5. The average Bonchev–Trinajstić information content (AvgIpc) is 2.68. The van der Waals surface area contributed by atoms with Gasteiger partial charge < -0.3 is 25.0 Å². The van der Waals surface area contributed by atoms with Gasteiger partial charge in [0.15, 0.2) is 0 Å². The Kier molecular flexibility index (Phi) is 4.78. The second-order valence-corrected chi connectivity index (χ2v) is 7.40. The summed E-state index contributed by atoms with van der Waals surface area (Å²) in [5, 5.41) is 23.5. The Morgan fingerprint density at radius 2 is 2.07 bits per heavy atom. The van der Waals surface area contributed by atoms with Crippen molar-refractivity contribution >= 4 is 17.0 Å². The van der Waals surface area contributed by atoms with Gasteiger partial charge in [0.2, 0.25) is 0 Å². The first-order valence-corrected chi connectivity index (χ1v) is 9.33. The van der Waals surface area contributed by atoms with Crippen LogP contribution < -0.4 is 14.8 Å². The van der Waals surface area contributed by atoms with Crippen molar-refractivity contribution in [1.29, 1.82) is 0 Å². The van der Waals surface area contributed by atoms with E-state index in [2.05, 4.69) is 10.3 Å². The minimum absolute atomic E-state index is 0.00183. The lowest BCUT2D eigenvalue weighted by molar-refractivity contribution is 0.00598. The summed E-state index contributed by atoms with van der Waals surface area (Å²) >= 11 is 0. The van der Waals surface area contributed by atoms with Crippen molar-refractivity contribution in [2.45, 2.75) is 37.8 Å². The Hall–Kier alpha value is -2.54. The molecule has 1 saturated carbocycles. The molecule has 0 bridgehead atoms. The Morgan fingerprint density at radius 3 is 2.78 bits per heavy atom. The van der Waals surface area contributed by atoms with Gasteiger partial charge in [0.05, 0.1) is 31.5 Å². The molecular formula is C20H24N2O5. The summed E-state index contributed by atoms with van der Waals surface area (Å²) in [6.07, 6.45) is 3.39. The number of carboxylic acid groups (broad SMARTS) is 1. The first kappa shape index (κ1) is 17.9. The van der Waals surface area contributed by atoms with E-state index in [9.17, 15) is 9.90 Å².